The summed E-state index contributed by atoms with van der Waals surface area (Å²) in [7, 11) is 1.15. The number of carbonyl (C=O) groups is 2. The van der Waals surface area contributed by atoms with E-state index in [1.54, 1.807) is 6.92 Å². The average molecular weight is 226 g/mol. The summed E-state index contributed by atoms with van der Waals surface area (Å²) >= 11 is 0. The summed E-state index contributed by atoms with van der Waals surface area (Å²) in [5.41, 5.74) is 0.171. The lowest BCUT2D eigenvalue weighted by Gasteiger charge is -2.08. The molecule has 0 bridgehead atoms. The fraction of sp³-hybridized carbons (Fsp3) is 0.273. The first kappa shape index (κ1) is 12.2. The van der Waals surface area contributed by atoms with Crippen molar-refractivity contribution in [1.29, 1.82) is 0 Å². The molecular formula is C11H11FO4. The topological polar surface area (TPSA) is 52.6 Å². The molecule has 16 heavy (non-hydrogen) atoms. The Morgan fingerprint density at radius 2 is 1.94 bits per heavy atom. The Balaban J connectivity index is 3.21. The zero-order valence-corrected chi connectivity index (χ0v) is 9.17. The molecule has 86 valence electrons. The standard InChI is InChI=1S/C11H11FO4/c1-6-4-9(12)8(11(14)15-3)5-10(6)16-7(2)13/h4-5H,1-3H3. The Morgan fingerprint density at radius 1 is 1.31 bits per heavy atom. The molecule has 0 aliphatic carbocycles. The number of aryl methyl sites for hydroxylation is 1. The quantitative estimate of drug-likeness (QED) is 0.570. The minimum atomic E-state index is -0.814. The molecule has 4 nitrogen and oxygen atoms in total. The predicted molar refractivity (Wildman–Crippen MR) is 53.8 cm³/mol. The third kappa shape index (κ3) is 2.56. The summed E-state index contributed by atoms with van der Waals surface area (Å²) < 4.78 is 22.6. The lowest BCUT2D eigenvalue weighted by atomic mass is 10.1. The van der Waals surface area contributed by atoms with Crippen LogP contribution in [0.1, 0.15) is 22.8 Å². The van der Waals surface area contributed by atoms with Gasteiger partial charge in [0.05, 0.1) is 12.7 Å². The molecule has 0 radical (unpaired) electrons. The minimum absolute atomic E-state index is 0.148. The predicted octanol–water partition coefficient (Wildman–Crippen LogP) is 1.85. The monoisotopic (exact) mass is 226 g/mol. The number of hydrogen-bond donors (Lipinski definition) is 0. The largest absolute Gasteiger partial charge is 0.465 e. The molecule has 0 aliphatic rings. The summed E-state index contributed by atoms with van der Waals surface area (Å²) in [6, 6.07) is 2.27. The van der Waals surface area contributed by atoms with E-state index in [-0.39, 0.29) is 11.3 Å². The Morgan fingerprint density at radius 3 is 2.44 bits per heavy atom. The smallest absolute Gasteiger partial charge is 0.340 e. The van der Waals surface area contributed by atoms with Crippen molar-refractivity contribution in [2.75, 3.05) is 7.11 Å². The van der Waals surface area contributed by atoms with Gasteiger partial charge in [-0.05, 0) is 24.6 Å². The number of halogens is 1. The van der Waals surface area contributed by atoms with Crippen LogP contribution in [0.2, 0.25) is 0 Å². The number of benzene rings is 1. The normalized spacial score (nSPS) is 9.75. The van der Waals surface area contributed by atoms with Crippen molar-refractivity contribution in [3.05, 3.63) is 29.1 Å². The maximum atomic E-state index is 13.4. The molecule has 0 aromatic heterocycles. The minimum Gasteiger partial charge on any atom is -0.465 e. The van der Waals surface area contributed by atoms with E-state index in [2.05, 4.69) is 4.74 Å². The van der Waals surface area contributed by atoms with Crippen LogP contribution in [0.15, 0.2) is 12.1 Å². The van der Waals surface area contributed by atoms with E-state index >= 15 is 0 Å². The zero-order chi connectivity index (χ0) is 12.3. The van der Waals surface area contributed by atoms with Gasteiger partial charge in [-0.3, -0.25) is 4.79 Å². The van der Waals surface area contributed by atoms with Crippen LogP contribution < -0.4 is 4.74 Å². The van der Waals surface area contributed by atoms with Gasteiger partial charge in [-0.25, -0.2) is 9.18 Å². The second-order valence-electron chi connectivity index (χ2n) is 3.18. The summed E-state index contributed by atoms with van der Waals surface area (Å²) in [6.07, 6.45) is 0. The van der Waals surface area contributed by atoms with E-state index in [0.29, 0.717) is 5.56 Å². The Kier molecular flexibility index (Phi) is 3.60. The molecule has 0 saturated heterocycles. The highest BCUT2D eigenvalue weighted by Crippen LogP contribution is 2.23. The lowest BCUT2D eigenvalue weighted by Crippen LogP contribution is -2.08. The fourth-order valence-electron chi connectivity index (χ4n) is 1.18. The SMILES string of the molecule is COC(=O)c1cc(OC(C)=O)c(C)cc1F. The van der Waals surface area contributed by atoms with Gasteiger partial charge in [-0.15, -0.1) is 0 Å². The van der Waals surface area contributed by atoms with Crippen LogP contribution in [0.25, 0.3) is 0 Å². The third-order valence-electron chi connectivity index (χ3n) is 1.92. The van der Waals surface area contributed by atoms with Crippen molar-refractivity contribution >= 4 is 11.9 Å². The van der Waals surface area contributed by atoms with Gasteiger partial charge in [0, 0.05) is 6.92 Å². The number of rotatable bonds is 2. The second-order valence-corrected chi connectivity index (χ2v) is 3.18. The highest BCUT2D eigenvalue weighted by atomic mass is 19.1. The van der Waals surface area contributed by atoms with Crippen molar-refractivity contribution < 1.29 is 23.5 Å². The van der Waals surface area contributed by atoms with Crippen LogP contribution in [0, 0.1) is 12.7 Å². The van der Waals surface area contributed by atoms with Gasteiger partial charge in [0.25, 0.3) is 0 Å². The van der Waals surface area contributed by atoms with Gasteiger partial charge >= 0.3 is 11.9 Å². The molecule has 0 atom stereocenters. The van der Waals surface area contributed by atoms with Gasteiger partial charge in [0.2, 0.25) is 0 Å². The molecule has 0 N–H and O–H groups in total. The third-order valence-corrected chi connectivity index (χ3v) is 1.92. The van der Waals surface area contributed by atoms with E-state index in [4.69, 9.17) is 4.74 Å². The van der Waals surface area contributed by atoms with E-state index in [1.807, 2.05) is 0 Å². The molecule has 0 spiro atoms. The Bertz CT molecular complexity index is 440. The molecule has 1 rings (SSSR count). The summed E-state index contributed by atoms with van der Waals surface area (Å²) in [4.78, 5) is 21.9. The zero-order valence-electron chi connectivity index (χ0n) is 9.17. The van der Waals surface area contributed by atoms with Crippen LogP contribution in [0.5, 0.6) is 5.75 Å². The number of methoxy groups -OCH3 is 1. The maximum absolute atomic E-state index is 13.4. The van der Waals surface area contributed by atoms with Gasteiger partial charge < -0.3 is 9.47 Å². The number of esters is 2. The van der Waals surface area contributed by atoms with Crippen LogP contribution in [-0.2, 0) is 9.53 Å². The van der Waals surface area contributed by atoms with E-state index < -0.39 is 17.8 Å². The van der Waals surface area contributed by atoms with Crippen molar-refractivity contribution in [2.24, 2.45) is 0 Å². The molecule has 0 aliphatic heterocycles. The van der Waals surface area contributed by atoms with Crippen LogP contribution in [-0.4, -0.2) is 19.0 Å². The molecule has 0 unspecified atom stereocenters. The van der Waals surface area contributed by atoms with Gasteiger partial charge in [0.15, 0.2) is 0 Å². The number of hydrogen-bond acceptors (Lipinski definition) is 4. The molecule has 1 aromatic rings. The van der Waals surface area contributed by atoms with Crippen molar-refractivity contribution in [1.82, 2.24) is 0 Å². The summed E-state index contributed by atoms with van der Waals surface area (Å²) in [6.45, 7) is 2.79. The van der Waals surface area contributed by atoms with Gasteiger partial charge in [0.1, 0.15) is 11.6 Å². The van der Waals surface area contributed by atoms with Crippen molar-refractivity contribution in [3.63, 3.8) is 0 Å². The van der Waals surface area contributed by atoms with Crippen LogP contribution in [0.3, 0.4) is 0 Å². The van der Waals surface area contributed by atoms with E-state index in [1.165, 1.54) is 6.92 Å². The van der Waals surface area contributed by atoms with Crippen LogP contribution in [0.4, 0.5) is 4.39 Å². The van der Waals surface area contributed by atoms with Crippen molar-refractivity contribution in [2.45, 2.75) is 13.8 Å². The number of ether oxygens (including phenoxy) is 2. The molecule has 5 heteroatoms. The first-order chi connectivity index (χ1) is 7.45. The first-order valence-electron chi connectivity index (χ1n) is 4.52. The maximum Gasteiger partial charge on any atom is 0.340 e. The summed E-state index contributed by atoms with van der Waals surface area (Å²) in [5.74, 6) is -1.91. The van der Waals surface area contributed by atoms with Crippen LogP contribution >= 0.6 is 0 Å². The Hall–Kier alpha value is -1.91. The molecule has 1 aromatic carbocycles. The van der Waals surface area contributed by atoms with Crippen molar-refractivity contribution in [3.8, 4) is 5.75 Å². The highest BCUT2D eigenvalue weighted by Gasteiger charge is 2.16. The molecular weight excluding hydrogens is 215 g/mol. The fourth-order valence-corrected chi connectivity index (χ4v) is 1.18. The number of carbonyl (C=O) groups excluding carboxylic acids is 2. The highest BCUT2D eigenvalue weighted by molar-refractivity contribution is 5.90. The molecule has 0 saturated carbocycles. The first-order valence-corrected chi connectivity index (χ1v) is 4.52. The lowest BCUT2D eigenvalue weighted by molar-refractivity contribution is -0.131. The van der Waals surface area contributed by atoms with Gasteiger partial charge in [-0.2, -0.15) is 0 Å². The van der Waals surface area contributed by atoms with E-state index in [0.717, 1.165) is 19.2 Å². The molecule has 0 fully saturated rings. The average Bonchev–Trinajstić information content (AvgIpc) is 2.20. The molecule has 0 amide bonds. The Labute approximate surface area is 92.0 Å². The second kappa shape index (κ2) is 4.74. The van der Waals surface area contributed by atoms with E-state index in [9.17, 15) is 14.0 Å². The van der Waals surface area contributed by atoms with Gasteiger partial charge in [-0.1, -0.05) is 0 Å². The molecule has 0 heterocycles. The summed E-state index contributed by atoms with van der Waals surface area (Å²) in [5, 5.41) is 0.